The van der Waals surface area contributed by atoms with E-state index in [1.165, 1.54) is 13.8 Å². The minimum absolute atomic E-state index is 0.0688. The molecule has 1 fully saturated rings. The standard InChI is InChI=1S/C13H22N2O4/c1-9(8-15-6-4-5-11(15)17)14-10(16)7-13(2,3)12(18)19/h9H,4-8H2,1-3H3,(H,14,16)(H,18,19). The van der Waals surface area contributed by atoms with E-state index >= 15 is 0 Å². The lowest BCUT2D eigenvalue weighted by atomic mass is 9.89. The predicted molar refractivity (Wildman–Crippen MR) is 69.5 cm³/mol. The van der Waals surface area contributed by atoms with Gasteiger partial charge in [0.15, 0.2) is 0 Å². The number of hydrogen-bond acceptors (Lipinski definition) is 3. The molecule has 1 saturated heterocycles. The van der Waals surface area contributed by atoms with Gasteiger partial charge in [0.05, 0.1) is 5.41 Å². The number of nitrogens with zero attached hydrogens (tertiary/aromatic N) is 1. The van der Waals surface area contributed by atoms with Crippen molar-refractivity contribution in [3.8, 4) is 0 Å². The fraction of sp³-hybridized carbons (Fsp3) is 0.769. The van der Waals surface area contributed by atoms with Gasteiger partial charge in [-0.1, -0.05) is 0 Å². The number of carboxylic acids is 1. The van der Waals surface area contributed by atoms with Gasteiger partial charge in [-0.3, -0.25) is 14.4 Å². The first-order chi connectivity index (χ1) is 8.72. The molecule has 1 aliphatic heterocycles. The molecule has 0 aromatic carbocycles. The van der Waals surface area contributed by atoms with Gasteiger partial charge in [0, 0.05) is 32.0 Å². The summed E-state index contributed by atoms with van der Waals surface area (Å²) in [5.41, 5.74) is -1.08. The molecule has 0 aliphatic carbocycles. The summed E-state index contributed by atoms with van der Waals surface area (Å²) in [7, 11) is 0. The Balaban J connectivity index is 2.39. The largest absolute Gasteiger partial charge is 0.481 e. The van der Waals surface area contributed by atoms with E-state index in [-0.39, 0.29) is 24.3 Å². The third-order valence-corrected chi connectivity index (χ3v) is 3.25. The summed E-state index contributed by atoms with van der Waals surface area (Å²) in [6, 6.07) is -0.167. The molecule has 0 bridgehead atoms. The minimum atomic E-state index is -1.08. The zero-order valence-corrected chi connectivity index (χ0v) is 11.7. The molecule has 0 aromatic rings. The molecular formula is C13H22N2O4. The molecule has 108 valence electrons. The number of carboxylic acid groups (broad SMARTS) is 1. The zero-order chi connectivity index (χ0) is 14.6. The fourth-order valence-corrected chi connectivity index (χ4v) is 2.08. The van der Waals surface area contributed by atoms with Crippen LogP contribution in [0.15, 0.2) is 0 Å². The Morgan fingerprint density at radius 1 is 1.47 bits per heavy atom. The fourth-order valence-electron chi connectivity index (χ4n) is 2.08. The van der Waals surface area contributed by atoms with Crippen LogP contribution in [0.2, 0.25) is 0 Å². The van der Waals surface area contributed by atoms with Crippen LogP contribution in [0.25, 0.3) is 0 Å². The summed E-state index contributed by atoms with van der Waals surface area (Å²) in [5, 5.41) is 11.7. The first kappa shape index (κ1) is 15.5. The Hall–Kier alpha value is -1.59. The highest BCUT2D eigenvalue weighted by molar-refractivity contribution is 5.84. The number of aliphatic carboxylic acids is 1. The molecule has 0 radical (unpaired) electrons. The van der Waals surface area contributed by atoms with Gasteiger partial charge in [0.1, 0.15) is 0 Å². The maximum Gasteiger partial charge on any atom is 0.309 e. The van der Waals surface area contributed by atoms with Crippen molar-refractivity contribution < 1.29 is 19.5 Å². The highest BCUT2D eigenvalue weighted by Gasteiger charge is 2.31. The number of amides is 2. The lowest BCUT2D eigenvalue weighted by Crippen LogP contribution is -2.44. The summed E-state index contributed by atoms with van der Waals surface area (Å²) in [6.45, 7) is 6.07. The van der Waals surface area contributed by atoms with E-state index in [1.807, 2.05) is 6.92 Å². The van der Waals surface area contributed by atoms with E-state index in [1.54, 1.807) is 4.90 Å². The monoisotopic (exact) mass is 270 g/mol. The highest BCUT2D eigenvalue weighted by Crippen LogP contribution is 2.20. The lowest BCUT2D eigenvalue weighted by Gasteiger charge is -2.24. The number of carbonyl (C=O) groups is 3. The van der Waals surface area contributed by atoms with Gasteiger partial charge in [-0.2, -0.15) is 0 Å². The molecule has 6 heteroatoms. The van der Waals surface area contributed by atoms with Crippen LogP contribution in [0.4, 0.5) is 0 Å². The Morgan fingerprint density at radius 2 is 2.11 bits per heavy atom. The van der Waals surface area contributed by atoms with Crippen molar-refractivity contribution in [1.82, 2.24) is 10.2 Å². The maximum absolute atomic E-state index is 11.8. The molecular weight excluding hydrogens is 248 g/mol. The summed E-state index contributed by atoms with van der Waals surface area (Å²) in [4.78, 5) is 35.9. The number of rotatable bonds is 6. The van der Waals surface area contributed by atoms with Crippen LogP contribution in [-0.2, 0) is 14.4 Å². The van der Waals surface area contributed by atoms with E-state index < -0.39 is 11.4 Å². The zero-order valence-electron chi connectivity index (χ0n) is 11.7. The molecule has 1 atom stereocenters. The van der Waals surface area contributed by atoms with Crippen LogP contribution < -0.4 is 5.32 Å². The van der Waals surface area contributed by atoms with Gasteiger partial charge >= 0.3 is 5.97 Å². The number of likely N-dealkylation sites (tertiary alicyclic amines) is 1. The summed E-state index contributed by atoms with van der Waals surface area (Å²) >= 11 is 0. The van der Waals surface area contributed by atoms with Gasteiger partial charge in [-0.25, -0.2) is 0 Å². The molecule has 0 saturated carbocycles. The van der Waals surface area contributed by atoms with Crippen LogP contribution in [0.1, 0.15) is 40.0 Å². The third-order valence-electron chi connectivity index (χ3n) is 3.25. The van der Waals surface area contributed by atoms with E-state index in [9.17, 15) is 14.4 Å². The minimum Gasteiger partial charge on any atom is -0.481 e. The SMILES string of the molecule is CC(CN1CCCC1=O)NC(=O)CC(C)(C)C(=O)O. The Bertz CT molecular complexity index is 379. The Labute approximate surface area is 113 Å². The summed E-state index contributed by atoms with van der Waals surface area (Å²) in [6.07, 6.45) is 1.37. The van der Waals surface area contributed by atoms with Crippen LogP contribution in [0.3, 0.4) is 0 Å². The quantitative estimate of drug-likeness (QED) is 0.740. The van der Waals surface area contributed by atoms with E-state index in [2.05, 4.69) is 5.32 Å². The van der Waals surface area contributed by atoms with E-state index in [0.29, 0.717) is 13.0 Å². The van der Waals surface area contributed by atoms with Crippen LogP contribution >= 0.6 is 0 Å². The first-order valence-electron chi connectivity index (χ1n) is 6.53. The van der Waals surface area contributed by atoms with Crippen molar-refractivity contribution >= 4 is 17.8 Å². The van der Waals surface area contributed by atoms with E-state index in [4.69, 9.17) is 5.11 Å². The number of carbonyl (C=O) groups excluding carboxylic acids is 2. The van der Waals surface area contributed by atoms with Gasteiger partial charge in [-0.05, 0) is 27.2 Å². The van der Waals surface area contributed by atoms with Gasteiger partial charge in [0.25, 0.3) is 0 Å². The second-order valence-electron chi connectivity index (χ2n) is 5.78. The summed E-state index contributed by atoms with van der Waals surface area (Å²) in [5.74, 6) is -1.18. The lowest BCUT2D eigenvalue weighted by molar-refractivity contribution is -0.149. The second-order valence-corrected chi connectivity index (χ2v) is 5.78. The van der Waals surface area contributed by atoms with Crippen LogP contribution in [0, 0.1) is 5.41 Å². The van der Waals surface area contributed by atoms with Crippen LogP contribution in [-0.4, -0.2) is 46.9 Å². The van der Waals surface area contributed by atoms with Crippen molar-refractivity contribution in [3.63, 3.8) is 0 Å². The van der Waals surface area contributed by atoms with Crippen molar-refractivity contribution in [2.75, 3.05) is 13.1 Å². The molecule has 1 unspecified atom stereocenters. The smallest absolute Gasteiger partial charge is 0.309 e. The molecule has 2 amide bonds. The van der Waals surface area contributed by atoms with Crippen molar-refractivity contribution in [2.45, 2.75) is 46.1 Å². The summed E-state index contributed by atoms with van der Waals surface area (Å²) < 4.78 is 0. The van der Waals surface area contributed by atoms with E-state index in [0.717, 1.165) is 13.0 Å². The molecule has 1 heterocycles. The molecule has 2 N–H and O–H groups in total. The first-order valence-corrected chi connectivity index (χ1v) is 6.53. The number of nitrogens with one attached hydrogen (secondary N) is 1. The van der Waals surface area contributed by atoms with Crippen LogP contribution in [0.5, 0.6) is 0 Å². The second kappa shape index (κ2) is 6.04. The van der Waals surface area contributed by atoms with Gasteiger partial charge < -0.3 is 15.3 Å². The predicted octanol–water partition coefficient (Wildman–Crippen LogP) is 0.614. The highest BCUT2D eigenvalue weighted by atomic mass is 16.4. The van der Waals surface area contributed by atoms with Gasteiger partial charge in [-0.15, -0.1) is 0 Å². The molecule has 0 spiro atoms. The normalized spacial score (nSPS) is 17.4. The maximum atomic E-state index is 11.8. The number of hydrogen-bond donors (Lipinski definition) is 2. The molecule has 0 aromatic heterocycles. The molecule has 19 heavy (non-hydrogen) atoms. The third kappa shape index (κ3) is 4.54. The van der Waals surface area contributed by atoms with Crippen molar-refractivity contribution in [2.24, 2.45) is 5.41 Å². The molecule has 1 aliphatic rings. The van der Waals surface area contributed by atoms with Gasteiger partial charge in [0.2, 0.25) is 11.8 Å². The average Bonchev–Trinajstić information content (AvgIpc) is 2.62. The van der Waals surface area contributed by atoms with Crippen molar-refractivity contribution in [1.29, 1.82) is 0 Å². The molecule has 6 nitrogen and oxygen atoms in total. The van der Waals surface area contributed by atoms with Crippen molar-refractivity contribution in [3.05, 3.63) is 0 Å². The average molecular weight is 270 g/mol. The Morgan fingerprint density at radius 3 is 2.58 bits per heavy atom. The molecule has 1 rings (SSSR count). The Kier molecular flexibility index (Phi) is 4.91. The topological polar surface area (TPSA) is 86.7 Å².